The Labute approximate surface area is 119 Å². The van der Waals surface area contributed by atoms with Crippen molar-refractivity contribution >= 4 is 8.80 Å². The molecule has 0 atom stereocenters. The Morgan fingerprint density at radius 2 is 1.79 bits per heavy atom. The van der Waals surface area contributed by atoms with Gasteiger partial charge in [0.1, 0.15) is 0 Å². The third-order valence-corrected chi connectivity index (χ3v) is 6.82. The minimum absolute atomic E-state index is 0.171. The smallest absolute Gasteiger partial charge is 0.160 e. The van der Waals surface area contributed by atoms with Crippen LogP contribution in [0.25, 0.3) is 0 Å². The number of hydrogen-bond acceptors (Lipinski definition) is 2. The molecule has 0 saturated heterocycles. The predicted octanol–water partition coefficient (Wildman–Crippen LogP) is 4.40. The molecular weight excluding hydrogens is 252 g/mol. The van der Waals surface area contributed by atoms with Crippen molar-refractivity contribution in [2.75, 3.05) is 7.11 Å². The number of aromatic hydroxyl groups is 1. The van der Waals surface area contributed by atoms with Gasteiger partial charge in [-0.3, -0.25) is 0 Å². The van der Waals surface area contributed by atoms with Crippen molar-refractivity contribution < 1.29 is 9.84 Å². The molecule has 0 aliphatic rings. The Morgan fingerprint density at radius 3 is 2.16 bits per heavy atom. The summed E-state index contributed by atoms with van der Waals surface area (Å²) < 4.78 is 4.95. The molecule has 0 bridgehead atoms. The van der Waals surface area contributed by atoms with Gasteiger partial charge in [-0.2, -0.15) is 0 Å². The largest absolute Gasteiger partial charge is 0.504 e. The molecule has 1 aromatic carbocycles. The summed E-state index contributed by atoms with van der Waals surface area (Å²) in [5.74, 6) is 0.680. The molecule has 0 aliphatic carbocycles. The first-order valence-corrected chi connectivity index (χ1v) is 9.54. The van der Waals surface area contributed by atoms with E-state index >= 15 is 0 Å². The van der Waals surface area contributed by atoms with Crippen LogP contribution in [0, 0.1) is 0 Å². The minimum Gasteiger partial charge on any atom is -0.504 e. The molecule has 0 saturated carbocycles. The van der Waals surface area contributed by atoms with Gasteiger partial charge in [0.15, 0.2) is 11.5 Å². The van der Waals surface area contributed by atoms with Gasteiger partial charge in [0.25, 0.3) is 0 Å². The second kappa shape index (κ2) is 10.7. The minimum atomic E-state index is -0.171. The van der Waals surface area contributed by atoms with Crippen molar-refractivity contribution in [3.05, 3.63) is 36.4 Å². The number of rotatable bonds is 6. The topological polar surface area (TPSA) is 29.5 Å². The van der Waals surface area contributed by atoms with Crippen LogP contribution in [0.3, 0.4) is 0 Å². The van der Waals surface area contributed by atoms with Crippen LogP contribution < -0.4 is 4.74 Å². The number of allylic oxidation sites excluding steroid dienone is 1. The molecule has 0 heterocycles. The monoisotopic (exact) mass is 280 g/mol. The summed E-state index contributed by atoms with van der Waals surface area (Å²) in [7, 11) is 1.36. The van der Waals surface area contributed by atoms with Crippen LogP contribution in [0.15, 0.2) is 30.9 Å². The number of phenolic OH excluding ortho intramolecular Hbond substituents is 1. The van der Waals surface area contributed by atoms with Gasteiger partial charge in [-0.25, -0.2) is 0 Å². The average molecular weight is 280 g/mol. The van der Waals surface area contributed by atoms with Crippen LogP contribution >= 0.6 is 0 Å². The zero-order valence-corrected chi connectivity index (χ0v) is 13.9. The summed E-state index contributed by atoms with van der Waals surface area (Å²) in [5, 5.41) is 9.25. The summed E-state index contributed by atoms with van der Waals surface area (Å²) in [5.41, 5.74) is 1.08. The van der Waals surface area contributed by atoms with Crippen molar-refractivity contribution in [2.45, 2.75) is 45.3 Å². The van der Waals surface area contributed by atoms with E-state index in [1.807, 2.05) is 12.1 Å². The van der Waals surface area contributed by atoms with Crippen LogP contribution in [0.2, 0.25) is 18.1 Å². The Bertz CT molecular complexity index is 354. The quantitative estimate of drug-likeness (QED) is 0.618. The number of benzene rings is 1. The van der Waals surface area contributed by atoms with Crippen molar-refractivity contribution in [3.63, 3.8) is 0 Å². The third kappa shape index (κ3) is 7.06. The lowest BCUT2D eigenvalue weighted by atomic mass is 10.1. The SMILES string of the molecule is C=CCc1ccc(O)c(OC)c1.CC[SiH](CC)CC. The molecule has 19 heavy (non-hydrogen) atoms. The Morgan fingerprint density at radius 1 is 1.21 bits per heavy atom. The van der Waals surface area contributed by atoms with Crippen LogP contribution in [0.1, 0.15) is 26.3 Å². The Kier molecular flexibility index (Phi) is 9.99. The molecule has 108 valence electrons. The predicted molar refractivity (Wildman–Crippen MR) is 87.2 cm³/mol. The van der Waals surface area contributed by atoms with Gasteiger partial charge in [0, 0.05) is 8.80 Å². The second-order valence-electron chi connectivity index (χ2n) is 4.59. The van der Waals surface area contributed by atoms with E-state index in [0.717, 1.165) is 12.0 Å². The first-order chi connectivity index (χ1) is 9.12. The van der Waals surface area contributed by atoms with Gasteiger partial charge in [0.05, 0.1) is 7.11 Å². The highest BCUT2D eigenvalue weighted by molar-refractivity contribution is 6.58. The highest BCUT2D eigenvalue weighted by Gasteiger charge is 2.00. The van der Waals surface area contributed by atoms with E-state index in [1.165, 1.54) is 25.2 Å². The third-order valence-electron chi connectivity index (χ3n) is 3.36. The maximum Gasteiger partial charge on any atom is 0.160 e. The normalized spacial score (nSPS) is 9.74. The van der Waals surface area contributed by atoms with E-state index in [2.05, 4.69) is 27.4 Å². The summed E-state index contributed by atoms with van der Waals surface area (Å²) in [6, 6.07) is 9.75. The van der Waals surface area contributed by atoms with Gasteiger partial charge >= 0.3 is 0 Å². The molecule has 0 unspecified atom stereocenters. The van der Waals surface area contributed by atoms with E-state index in [1.54, 1.807) is 12.1 Å². The van der Waals surface area contributed by atoms with Crippen molar-refractivity contribution in [1.29, 1.82) is 0 Å². The second-order valence-corrected chi connectivity index (χ2v) is 8.77. The van der Waals surface area contributed by atoms with Gasteiger partial charge in [-0.15, -0.1) is 6.58 Å². The van der Waals surface area contributed by atoms with E-state index in [4.69, 9.17) is 4.74 Å². The van der Waals surface area contributed by atoms with E-state index in [-0.39, 0.29) is 14.5 Å². The summed E-state index contributed by atoms with van der Waals surface area (Å²) in [4.78, 5) is 0. The number of methoxy groups -OCH3 is 1. The lowest BCUT2D eigenvalue weighted by Crippen LogP contribution is -2.04. The molecule has 0 amide bonds. The first kappa shape index (κ1) is 17.8. The summed E-state index contributed by atoms with van der Waals surface area (Å²) in [6.07, 6.45) is 2.60. The van der Waals surface area contributed by atoms with Crippen LogP contribution in [-0.2, 0) is 6.42 Å². The fourth-order valence-electron chi connectivity index (χ4n) is 1.88. The van der Waals surface area contributed by atoms with E-state index < -0.39 is 0 Å². The molecule has 3 heteroatoms. The summed E-state index contributed by atoms with van der Waals surface area (Å²) in [6.45, 7) is 10.6. The van der Waals surface area contributed by atoms with Gasteiger partial charge < -0.3 is 9.84 Å². The van der Waals surface area contributed by atoms with E-state index in [0.29, 0.717) is 5.75 Å². The first-order valence-electron chi connectivity index (χ1n) is 7.09. The van der Waals surface area contributed by atoms with Gasteiger partial charge in [-0.1, -0.05) is 51.0 Å². The van der Waals surface area contributed by atoms with Crippen LogP contribution in [-0.4, -0.2) is 21.0 Å². The number of phenols is 1. The standard InChI is InChI=1S/C10H12O2.C6H16Si/c1-3-4-8-5-6-9(11)10(7-8)12-2;1-4-7(5-2)6-3/h3,5-7,11H,1,4H2,2H3;7H,4-6H2,1-3H3. The van der Waals surface area contributed by atoms with Crippen molar-refractivity contribution in [2.24, 2.45) is 0 Å². The maximum absolute atomic E-state index is 9.25. The van der Waals surface area contributed by atoms with E-state index in [9.17, 15) is 5.11 Å². The van der Waals surface area contributed by atoms with Crippen molar-refractivity contribution in [1.82, 2.24) is 0 Å². The molecule has 0 fully saturated rings. The molecular formula is C16H28O2Si. The zero-order valence-electron chi connectivity index (χ0n) is 12.8. The molecule has 0 aromatic heterocycles. The molecule has 2 nitrogen and oxygen atoms in total. The Hall–Kier alpha value is -1.22. The maximum atomic E-state index is 9.25. The molecule has 1 N–H and O–H groups in total. The van der Waals surface area contributed by atoms with Crippen LogP contribution in [0.4, 0.5) is 0 Å². The van der Waals surface area contributed by atoms with Gasteiger partial charge in [0.2, 0.25) is 0 Å². The van der Waals surface area contributed by atoms with Gasteiger partial charge in [-0.05, 0) is 24.1 Å². The highest BCUT2D eigenvalue weighted by atomic mass is 28.3. The lowest BCUT2D eigenvalue weighted by molar-refractivity contribution is 0.373. The molecule has 1 aromatic rings. The molecule has 1 rings (SSSR count). The fraction of sp³-hybridized carbons (Fsp3) is 0.500. The lowest BCUT2D eigenvalue weighted by Gasteiger charge is -2.04. The van der Waals surface area contributed by atoms with Crippen LogP contribution in [0.5, 0.6) is 11.5 Å². The fourth-order valence-corrected chi connectivity index (χ4v) is 3.61. The number of ether oxygens (including phenoxy) is 1. The summed E-state index contributed by atoms with van der Waals surface area (Å²) >= 11 is 0. The molecule has 0 aliphatic heterocycles. The number of hydrogen-bond donors (Lipinski definition) is 1. The Balaban J connectivity index is 0.000000399. The highest BCUT2D eigenvalue weighted by Crippen LogP contribution is 2.26. The molecule has 0 radical (unpaired) electrons. The van der Waals surface area contributed by atoms with Crippen molar-refractivity contribution in [3.8, 4) is 11.5 Å². The zero-order chi connectivity index (χ0) is 14.7. The molecule has 0 spiro atoms. The average Bonchev–Trinajstić information content (AvgIpc) is 2.44.